The second-order valence-corrected chi connectivity index (χ2v) is 5.31. The normalized spacial score (nSPS) is 15.1. The predicted octanol–water partition coefficient (Wildman–Crippen LogP) is 0.860. The molecule has 2 aromatic rings. The quantitative estimate of drug-likeness (QED) is 0.822. The van der Waals surface area contributed by atoms with Crippen LogP contribution in [0.15, 0.2) is 43.2 Å². The topological polar surface area (TPSA) is 79.3 Å². The summed E-state index contributed by atoms with van der Waals surface area (Å²) in [5.41, 5.74) is 1.04. The Bertz CT molecular complexity index is 618. The lowest BCUT2D eigenvalue weighted by Gasteiger charge is -2.22. The van der Waals surface area contributed by atoms with Crippen molar-refractivity contribution in [2.75, 3.05) is 26.2 Å². The minimum atomic E-state index is -0.0960. The molecule has 3 rings (SSSR count). The predicted molar refractivity (Wildman–Crippen MR) is 82.7 cm³/mol. The summed E-state index contributed by atoms with van der Waals surface area (Å²) in [6.07, 6.45) is 8.37. The van der Waals surface area contributed by atoms with Crippen molar-refractivity contribution in [3.63, 3.8) is 0 Å². The molecule has 23 heavy (non-hydrogen) atoms. The highest BCUT2D eigenvalue weighted by molar-refractivity contribution is 5.95. The maximum absolute atomic E-state index is 12.5. The molecule has 7 heteroatoms. The van der Waals surface area contributed by atoms with Gasteiger partial charge in [-0.05, 0) is 18.6 Å². The van der Waals surface area contributed by atoms with Crippen molar-refractivity contribution in [1.82, 2.24) is 24.8 Å². The molecule has 0 bridgehead atoms. The van der Waals surface area contributed by atoms with E-state index in [4.69, 9.17) is 0 Å². The maximum Gasteiger partial charge on any atom is 0.257 e. The fraction of sp³-hybridized carbons (Fsp3) is 0.312. The van der Waals surface area contributed by atoms with Crippen LogP contribution in [0.3, 0.4) is 0 Å². The Morgan fingerprint density at radius 2 is 1.43 bits per heavy atom. The Morgan fingerprint density at radius 1 is 0.826 bits per heavy atom. The van der Waals surface area contributed by atoms with E-state index in [9.17, 15) is 9.59 Å². The molecule has 0 atom stereocenters. The van der Waals surface area contributed by atoms with Gasteiger partial charge in [0.25, 0.3) is 11.8 Å². The Morgan fingerprint density at radius 3 is 2.04 bits per heavy atom. The molecule has 0 radical (unpaired) electrons. The zero-order valence-electron chi connectivity index (χ0n) is 12.6. The Kier molecular flexibility index (Phi) is 4.56. The van der Waals surface area contributed by atoms with Crippen LogP contribution in [0.4, 0.5) is 0 Å². The van der Waals surface area contributed by atoms with Gasteiger partial charge in [0.05, 0.1) is 11.1 Å². The molecule has 2 aromatic heterocycles. The molecular weight excluding hydrogens is 294 g/mol. The van der Waals surface area contributed by atoms with E-state index in [0.29, 0.717) is 37.3 Å². The highest BCUT2D eigenvalue weighted by atomic mass is 16.2. The van der Waals surface area contributed by atoms with Crippen molar-refractivity contribution >= 4 is 11.8 Å². The smallest absolute Gasteiger partial charge is 0.257 e. The summed E-state index contributed by atoms with van der Waals surface area (Å²) in [6.45, 7) is 2.25. The number of aromatic nitrogens is 3. The van der Waals surface area contributed by atoms with E-state index in [2.05, 4.69) is 15.0 Å². The van der Waals surface area contributed by atoms with Crippen LogP contribution in [-0.4, -0.2) is 62.7 Å². The molecule has 0 spiro atoms. The van der Waals surface area contributed by atoms with Crippen LogP contribution < -0.4 is 0 Å². The first kappa shape index (κ1) is 15.1. The summed E-state index contributed by atoms with van der Waals surface area (Å²) in [6, 6.07) is 3.50. The summed E-state index contributed by atoms with van der Waals surface area (Å²) in [5.74, 6) is -0.142. The number of hydrogen-bond acceptors (Lipinski definition) is 5. The van der Waals surface area contributed by atoms with E-state index >= 15 is 0 Å². The molecular formula is C16H17N5O2. The molecule has 1 aliphatic heterocycles. The third-order valence-corrected chi connectivity index (χ3v) is 3.79. The summed E-state index contributed by atoms with van der Waals surface area (Å²) in [4.78, 5) is 40.1. The van der Waals surface area contributed by atoms with Gasteiger partial charge < -0.3 is 9.80 Å². The monoisotopic (exact) mass is 311 g/mol. The van der Waals surface area contributed by atoms with Crippen LogP contribution >= 0.6 is 0 Å². The number of nitrogens with zero attached hydrogens (tertiary/aromatic N) is 5. The van der Waals surface area contributed by atoms with Gasteiger partial charge in [-0.15, -0.1) is 0 Å². The lowest BCUT2D eigenvalue weighted by atomic mass is 10.2. The van der Waals surface area contributed by atoms with E-state index in [1.54, 1.807) is 34.3 Å². The summed E-state index contributed by atoms with van der Waals surface area (Å²) in [7, 11) is 0. The van der Waals surface area contributed by atoms with E-state index in [1.807, 2.05) is 0 Å². The highest BCUT2D eigenvalue weighted by Crippen LogP contribution is 2.11. The molecule has 1 fully saturated rings. The van der Waals surface area contributed by atoms with Crippen molar-refractivity contribution in [3.05, 3.63) is 54.4 Å². The number of carbonyl (C=O) groups is 2. The second-order valence-electron chi connectivity index (χ2n) is 5.31. The molecule has 7 nitrogen and oxygen atoms in total. The van der Waals surface area contributed by atoms with E-state index in [0.717, 1.165) is 6.42 Å². The van der Waals surface area contributed by atoms with Crippen molar-refractivity contribution < 1.29 is 9.59 Å². The molecule has 0 aliphatic carbocycles. The van der Waals surface area contributed by atoms with Crippen LogP contribution in [0.25, 0.3) is 0 Å². The Balaban J connectivity index is 1.66. The van der Waals surface area contributed by atoms with Gasteiger partial charge in [-0.2, -0.15) is 0 Å². The standard InChI is InChI=1S/C16H17N5O2/c22-15(13-3-1-4-17-9-13)20-5-2-6-21(8-7-20)16(23)14-10-18-12-19-11-14/h1,3-4,9-12H,2,5-8H2. The lowest BCUT2D eigenvalue weighted by molar-refractivity contribution is 0.0718. The van der Waals surface area contributed by atoms with E-state index in [-0.39, 0.29) is 11.8 Å². The van der Waals surface area contributed by atoms with Crippen LogP contribution in [0, 0.1) is 0 Å². The van der Waals surface area contributed by atoms with Gasteiger partial charge in [0.2, 0.25) is 0 Å². The lowest BCUT2D eigenvalue weighted by Crippen LogP contribution is -2.37. The number of carbonyl (C=O) groups excluding carboxylic acids is 2. The van der Waals surface area contributed by atoms with Crippen LogP contribution in [0.5, 0.6) is 0 Å². The third kappa shape index (κ3) is 3.50. The fourth-order valence-corrected chi connectivity index (χ4v) is 2.59. The molecule has 118 valence electrons. The largest absolute Gasteiger partial charge is 0.337 e. The number of rotatable bonds is 2. The molecule has 1 aliphatic rings. The Hall–Kier alpha value is -2.83. The molecule has 2 amide bonds. The molecule has 3 heterocycles. The second kappa shape index (κ2) is 6.95. The third-order valence-electron chi connectivity index (χ3n) is 3.79. The SMILES string of the molecule is O=C(c1cccnc1)N1CCCN(C(=O)c2cncnc2)CC1. The van der Waals surface area contributed by atoms with Crippen molar-refractivity contribution in [2.45, 2.75) is 6.42 Å². The zero-order valence-corrected chi connectivity index (χ0v) is 12.6. The number of amides is 2. The first-order chi connectivity index (χ1) is 11.3. The fourth-order valence-electron chi connectivity index (χ4n) is 2.59. The molecule has 0 unspecified atom stereocenters. The van der Waals surface area contributed by atoms with E-state index < -0.39 is 0 Å². The average molecular weight is 311 g/mol. The molecule has 0 saturated carbocycles. The average Bonchev–Trinajstić information content (AvgIpc) is 2.88. The number of pyridine rings is 1. The van der Waals surface area contributed by atoms with Gasteiger partial charge in [-0.1, -0.05) is 0 Å². The first-order valence-corrected chi connectivity index (χ1v) is 7.49. The van der Waals surface area contributed by atoms with E-state index in [1.165, 1.54) is 18.7 Å². The van der Waals surface area contributed by atoms with Gasteiger partial charge in [0.15, 0.2) is 0 Å². The van der Waals surface area contributed by atoms with Crippen LogP contribution in [-0.2, 0) is 0 Å². The van der Waals surface area contributed by atoms with Gasteiger partial charge in [-0.3, -0.25) is 14.6 Å². The Labute approximate surface area is 134 Å². The van der Waals surface area contributed by atoms with Crippen molar-refractivity contribution in [3.8, 4) is 0 Å². The minimum Gasteiger partial charge on any atom is -0.337 e. The highest BCUT2D eigenvalue weighted by Gasteiger charge is 2.23. The molecule has 0 N–H and O–H groups in total. The van der Waals surface area contributed by atoms with Crippen LogP contribution in [0.2, 0.25) is 0 Å². The molecule has 1 saturated heterocycles. The van der Waals surface area contributed by atoms with Gasteiger partial charge in [-0.25, -0.2) is 9.97 Å². The molecule has 0 aromatic carbocycles. The minimum absolute atomic E-state index is 0.0459. The van der Waals surface area contributed by atoms with Crippen LogP contribution in [0.1, 0.15) is 27.1 Å². The zero-order chi connectivity index (χ0) is 16.1. The van der Waals surface area contributed by atoms with Crippen molar-refractivity contribution in [2.24, 2.45) is 0 Å². The summed E-state index contributed by atoms with van der Waals surface area (Å²) in [5, 5.41) is 0. The first-order valence-electron chi connectivity index (χ1n) is 7.49. The van der Waals surface area contributed by atoms with Crippen molar-refractivity contribution in [1.29, 1.82) is 0 Å². The summed E-state index contributed by atoms with van der Waals surface area (Å²) >= 11 is 0. The van der Waals surface area contributed by atoms with Gasteiger partial charge in [0, 0.05) is 51.0 Å². The maximum atomic E-state index is 12.5. The number of hydrogen-bond donors (Lipinski definition) is 0. The van der Waals surface area contributed by atoms with Gasteiger partial charge in [0.1, 0.15) is 6.33 Å². The van der Waals surface area contributed by atoms with Gasteiger partial charge >= 0.3 is 0 Å². The summed E-state index contributed by atoms with van der Waals surface area (Å²) < 4.78 is 0.